The van der Waals surface area contributed by atoms with Crippen LogP contribution in [0, 0.1) is 5.82 Å². The van der Waals surface area contributed by atoms with Gasteiger partial charge in [-0.15, -0.1) is 11.3 Å². The van der Waals surface area contributed by atoms with Crippen molar-refractivity contribution in [3.8, 4) is 0 Å². The molecule has 3 rings (SSSR count). The third-order valence-electron chi connectivity index (χ3n) is 4.51. The maximum absolute atomic E-state index is 13.7. The van der Waals surface area contributed by atoms with E-state index in [1.54, 1.807) is 27.9 Å². The molecule has 1 amide bonds. The molecular weight excluding hydrogens is 375 g/mol. The third kappa shape index (κ3) is 4.13. The molecule has 1 aromatic carbocycles. The molecule has 0 radical (unpaired) electrons. The number of carbonyl (C=O) groups is 1. The Hall–Kier alpha value is -1.77. The van der Waals surface area contributed by atoms with Gasteiger partial charge in [0.25, 0.3) is 15.9 Å². The number of nitrogens with zero attached hydrogens (tertiary/aromatic N) is 1. The summed E-state index contributed by atoms with van der Waals surface area (Å²) in [6.07, 6.45) is 3.07. The lowest BCUT2D eigenvalue weighted by atomic mass is 10.0. The Balaban J connectivity index is 1.63. The van der Waals surface area contributed by atoms with E-state index in [1.165, 1.54) is 29.5 Å². The van der Waals surface area contributed by atoms with Gasteiger partial charge in [0, 0.05) is 19.1 Å². The Morgan fingerprint density at radius 3 is 2.77 bits per heavy atom. The Morgan fingerprint density at radius 1 is 1.23 bits per heavy atom. The van der Waals surface area contributed by atoms with Crippen LogP contribution in [0.25, 0.3) is 0 Å². The van der Waals surface area contributed by atoms with Crippen molar-refractivity contribution in [3.05, 3.63) is 53.2 Å². The molecule has 5 nitrogen and oxygen atoms in total. The molecule has 26 heavy (non-hydrogen) atoms. The number of rotatable bonds is 6. The molecule has 140 valence electrons. The Kier molecular flexibility index (Phi) is 6.05. The predicted molar refractivity (Wildman–Crippen MR) is 99.2 cm³/mol. The molecule has 1 N–H and O–H groups in total. The smallest absolute Gasteiger partial charge is 0.254 e. The first-order chi connectivity index (χ1) is 12.5. The summed E-state index contributed by atoms with van der Waals surface area (Å²) in [5, 5.41) is 4.45. The van der Waals surface area contributed by atoms with Gasteiger partial charge < -0.3 is 5.32 Å². The zero-order chi connectivity index (χ0) is 18.6. The zero-order valence-corrected chi connectivity index (χ0v) is 15.9. The summed E-state index contributed by atoms with van der Waals surface area (Å²) >= 11 is 1.21. The molecule has 0 spiro atoms. The minimum atomic E-state index is -3.50. The summed E-state index contributed by atoms with van der Waals surface area (Å²) in [5.74, 6) is -1.05. The molecule has 0 aliphatic carbocycles. The third-order valence-corrected chi connectivity index (χ3v) is 7.84. The van der Waals surface area contributed by atoms with E-state index in [1.807, 2.05) is 0 Å². The number of sulfonamides is 1. The molecule has 1 aliphatic heterocycles. The number of nitrogens with one attached hydrogen (secondary N) is 1. The SMILES string of the molecule is O=C(NCCC1CCCCN1S(=O)(=O)c1cccs1)c1ccccc1F. The first-order valence-electron chi connectivity index (χ1n) is 8.58. The Labute approximate surface area is 156 Å². The van der Waals surface area contributed by atoms with E-state index in [4.69, 9.17) is 0 Å². The number of piperidine rings is 1. The van der Waals surface area contributed by atoms with Crippen molar-refractivity contribution < 1.29 is 17.6 Å². The lowest BCUT2D eigenvalue weighted by molar-refractivity contribution is 0.0945. The van der Waals surface area contributed by atoms with Gasteiger partial charge in [0.1, 0.15) is 10.0 Å². The van der Waals surface area contributed by atoms with Crippen LogP contribution in [0.3, 0.4) is 0 Å². The van der Waals surface area contributed by atoms with E-state index in [9.17, 15) is 17.6 Å². The largest absolute Gasteiger partial charge is 0.352 e. The Morgan fingerprint density at radius 2 is 2.04 bits per heavy atom. The molecule has 1 aromatic heterocycles. The van der Waals surface area contributed by atoms with Crippen molar-refractivity contribution >= 4 is 27.3 Å². The van der Waals surface area contributed by atoms with Crippen LogP contribution in [0.2, 0.25) is 0 Å². The first kappa shape index (κ1) is 19.0. The van der Waals surface area contributed by atoms with Crippen molar-refractivity contribution in [2.75, 3.05) is 13.1 Å². The fourth-order valence-electron chi connectivity index (χ4n) is 3.20. The standard InChI is InChI=1S/C18H21FN2O3S2/c19-16-8-2-1-7-15(16)18(22)20-11-10-14-6-3-4-12-21(14)26(23,24)17-9-5-13-25-17/h1-2,5,7-9,13-14H,3-4,6,10-12H2,(H,20,22). The average molecular weight is 397 g/mol. The summed E-state index contributed by atoms with van der Waals surface area (Å²) in [7, 11) is -3.50. The number of halogens is 1. The highest BCUT2D eigenvalue weighted by molar-refractivity contribution is 7.91. The molecule has 1 fully saturated rings. The van der Waals surface area contributed by atoms with Gasteiger partial charge in [0.15, 0.2) is 0 Å². The minimum absolute atomic E-state index is 0.000734. The summed E-state index contributed by atoms with van der Waals surface area (Å²) < 4.78 is 41.2. The highest BCUT2D eigenvalue weighted by Crippen LogP contribution is 2.29. The first-order valence-corrected chi connectivity index (χ1v) is 10.9. The van der Waals surface area contributed by atoms with Crippen LogP contribution in [-0.2, 0) is 10.0 Å². The fourth-order valence-corrected chi connectivity index (χ4v) is 6.04. The number of carbonyl (C=O) groups excluding carboxylic acids is 1. The molecule has 1 aliphatic rings. The summed E-state index contributed by atoms with van der Waals surface area (Å²) in [6, 6.07) is 8.99. The second kappa shape index (κ2) is 8.28. The number of thiophene rings is 1. The van der Waals surface area contributed by atoms with Gasteiger partial charge in [-0.05, 0) is 42.8 Å². The summed E-state index contributed by atoms with van der Waals surface area (Å²) in [5.41, 5.74) is -0.000734. The van der Waals surface area contributed by atoms with Gasteiger partial charge in [-0.25, -0.2) is 12.8 Å². The van der Waals surface area contributed by atoms with E-state index in [2.05, 4.69) is 5.32 Å². The molecule has 1 atom stereocenters. The van der Waals surface area contributed by atoms with Gasteiger partial charge >= 0.3 is 0 Å². The van der Waals surface area contributed by atoms with Crippen LogP contribution in [0.4, 0.5) is 4.39 Å². The molecule has 1 saturated heterocycles. The van der Waals surface area contributed by atoms with E-state index in [-0.39, 0.29) is 11.6 Å². The number of hydrogen-bond acceptors (Lipinski definition) is 4. The second-order valence-electron chi connectivity index (χ2n) is 6.22. The summed E-state index contributed by atoms with van der Waals surface area (Å²) in [4.78, 5) is 12.1. The predicted octanol–water partition coefficient (Wildman–Crippen LogP) is 3.25. The number of benzene rings is 1. The highest BCUT2D eigenvalue weighted by Gasteiger charge is 2.33. The maximum Gasteiger partial charge on any atom is 0.254 e. The normalized spacial score (nSPS) is 18.6. The van der Waals surface area contributed by atoms with Crippen LogP contribution in [0.1, 0.15) is 36.0 Å². The van der Waals surface area contributed by atoms with Gasteiger partial charge in [-0.1, -0.05) is 24.6 Å². The highest BCUT2D eigenvalue weighted by atomic mass is 32.2. The molecule has 0 bridgehead atoms. The molecule has 2 heterocycles. The summed E-state index contributed by atoms with van der Waals surface area (Å²) in [6.45, 7) is 0.792. The van der Waals surface area contributed by atoms with Crippen molar-refractivity contribution in [1.29, 1.82) is 0 Å². The van der Waals surface area contributed by atoms with Crippen molar-refractivity contribution in [3.63, 3.8) is 0 Å². The number of hydrogen-bond donors (Lipinski definition) is 1. The fraction of sp³-hybridized carbons (Fsp3) is 0.389. The lowest BCUT2D eigenvalue weighted by Gasteiger charge is -2.34. The second-order valence-corrected chi connectivity index (χ2v) is 9.29. The monoisotopic (exact) mass is 396 g/mol. The van der Waals surface area contributed by atoms with Crippen LogP contribution in [0.5, 0.6) is 0 Å². The molecule has 1 unspecified atom stereocenters. The van der Waals surface area contributed by atoms with E-state index >= 15 is 0 Å². The van der Waals surface area contributed by atoms with Crippen LogP contribution >= 0.6 is 11.3 Å². The average Bonchev–Trinajstić information content (AvgIpc) is 3.18. The Bertz CT molecular complexity index is 853. The van der Waals surface area contributed by atoms with Crippen LogP contribution in [-0.4, -0.2) is 37.8 Å². The lowest BCUT2D eigenvalue weighted by Crippen LogP contribution is -2.45. The van der Waals surface area contributed by atoms with Crippen molar-refractivity contribution in [2.45, 2.75) is 35.9 Å². The van der Waals surface area contributed by atoms with E-state index < -0.39 is 21.7 Å². The van der Waals surface area contributed by atoms with Crippen molar-refractivity contribution in [2.24, 2.45) is 0 Å². The van der Waals surface area contributed by atoms with E-state index in [0.29, 0.717) is 23.7 Å². The van der Waals surface area contributed by atoms with Gasteiger partial charge in [-0.2, -0.15) is 4.31 Å². The van der Waals surface area contributed by atoms with Gasteiger partial charge in [0.05, 0.1) is 5.56 Å². The van der Waals surface area contributed by atoms with E-state index in [0.717, 1.165) is 19.3 Å². The molecule has 8 heteroatoms. The maximum atomic E-state index is 13.7. The van der Waals surface area contributed by atoms with Crippen LogP contribution < -0.4 is 5.32 Å². The molecular formula is C18H21FN2O3S2. The topological polar surface area (TPSA) is 66.5 Å². The minimum Gasteiger partial charge on any atom is -0.352 e. The van der Waals surface area contributed by atoms with Gasteiger partial charge in [-0.3, -0.25) is 4.79 Å². The molecule has 2 aromatic rings. The molecule has 0 saturated carbocycles. The van der Waals surface area contributed by atoms with Crippen LogP contribution in [0.15, 0.2) is 46.0 Å². The number of amides is 1. The quantitative estimate of drug-likeness (QED) is 0.815. The zero-order valence-electron chi connectivity index (χ0n) is 14.2. The van der Waals surface area contributed by atoms with Gasteiger partial charge in [0.2, 0.25) is 0 Å². The van der Waals surface area contributed by atoms with Crippen molar-refractivity contribution in [1.82, 2.24) is 9.62 Å².